The van der Waals surface area contributed by atoms with Crippen LogP contribution in [0.4, 0.5) is 0 Å². The summed E-state index contributed by atoms with van der Waals surface area (Å²) in [4.78, 5) is 11.4. The van der Waals surface area contributed by atoms with Crippen LogP contribution in [-0.4, -0.2) is 31.1 Å². The van der Waals surface area contributed by atoms with Gasteiger partial charge in [-0.25, -0.2) is 4.79 Å². The van der Waals surface area contributed by atoms with Crippen molar-refractivity contribution >= 4 is 11.7 Å². The summed E-state index contributed by atoms with van der Waals surface area (Å²) >= 11 is 0. The van der Waals surface area contributed by atoms with Crippen LogP contribution in [-0.2, 0) is 14.3 Å². The van der Waals surface area contributed by atoms with E-state index in [0.29, 0.717) is 0 Å². The summed E-state index contributed by atoms with van der Waals surface area (Å²) in [5.41, 5.74) is 1.62. The molecule has 0 aliphatic rings. The number of carbonyl (C=O) groups is 1. The number of ether oxygens (including phenoxy) is 2. The molecular formula is C12H15NO4. The van der Waals surface area contributed by atoms with Crippen molar-refractivity contribution in [3.05, 3.63) is 35.4 Å². The molecular weight excluding hydrogens is 222 g/mol. The number of esters is 1. The molecule has 1 atom stereocenters. The lowest BCUT2D eigenvalue weighted by Crippen LogP contribution is -2.25. The lowest BCUT2D eigenvalue weighted by Gasteiger charge is -2.15. The van der Waals surface area contributed by atoms with Crippen molar-refractivity contribution < 1.29 is 19.5 Å². The van der Waals surface area contributed by atoms with Crippen LogP contribution in [0.25, 0.3) is 0 Å². The Balaban J connectivity index is 3.06. The molecule has 1 rings (SSSR count). The molecule has 5 heteroatoms. The van der Waals surface area contributed by atoms with Crippen LogP contribution in [0, 0.1) is 6.92 Å². The van der Waals surface area contributed by atoms with E-state index in [1.54, 1.807) is 12.1 Å². The van der Waals surface area contributed by atoms with Crippen LogP contribution in [0.3, 0.4) is 0 Å². The fraction of sp³-hybridized carbons (Fsp3) is 0.333. The maximum atomic E-state index is 11.4. The predicted octanol–water partition coefficient (Wildman–Crippen LogP) is 1.69. The van der Waals surface area contributed by atoms with E-state index in [1.165, 1.54) is 14.2 Å². The number of methoxy groups -OCH3 is 2. The summed E-state index contributed by atoms with van der Waals surface area (Å²) in [7, 11) is 2.65. The zero-order chi connectivity index (χ0) is 12.8. The number of benzene rings is 1. The summed E-state index contributed by atoms with van der Waals surface area (Å²) in [5, 5.41) is 11.8. The van der Waals surface area contributed by atoms with Gasteiger partial charge in [0.25, 0.3) is 0 Å². The minimum Gasteiger partial charge on any atom is -0.464 e. The quantitative estimate of drug-likeness (QED) is 0.374. The summed E-state index contributed by atoms with van der Waals surface area (Å²) in [6, 6.07) is 7.37. The van der Waals surface area contributed by atoms with Gasteiger partial charge in [-0.3, -0.25) is 0 Å². The molecule has 1 aromatic rings. The van der Waals surface area contributed by atoms with Crippen molar-refractivity contribution in [3.63, 3.8) is 0 Å². The molecule has 92 valence electrons. The summed E-state index contributed by atoms with van der Waals surface area (Å²) in [6.07, 6.45) is -0.743. The number of oxime groups is 1. The molecule has 0 fully saturated rings. The zero-order valence-electron chi connectivity index (χ0n) is 10.0. The normalized spacial score (nSPS) is 13.2. The van der Waals surface area contributed by atoms with Crippen molar-refractivity contribution in [1.82, 2.24) is 0 Å². The number of hydrogen-bond donors (Lipinski definition) is 1. The van der Waals surface area contributed by atoms with E-state index in [4.69, 9.17) is 9.94 Å². The third-order valence-corrected chi connectivity index (χ3v) is 2.37. The molecule has 0 radical (unpaired) electrons. The van der Waals surface area contributed by atoms with Gasteiger partial charge in [0.15, 0.2) is 5.71 Å². The predicted molar refractivity (Wildman–Crippen MR) is 62.2 cm³/mol. The number of hydrogen-bond acceptors (Lipinski definition) is 5. The van der Waals surface area contributed by atoms with E-state index < -0.39 is 12.1 Å². The molecule has 0 amide bonds. The Hall–Kier alpha value is -1.88. The van der Waals surface area contributed by atoms with E-state index in [-0.39, 0.29) is 5.71 Å². The molecule has 0 bridgehead atoms. The van der Waals surface area contributed by atoms with E-state index >= 15 is 0 Å². The van der Waals surface area contributed by atoms with Gasteiger partial charge in [0.2, 0.25) is 0 Å². The second-order valence-electron chi connectivity index (χ2n) is 3.50. The average molecular weight is 237 g/mol. The van der Waals surface area contributed by atoms with E-state index in [1.807, 2.05) is 19.1 Å². The van der Waals surface area contributed by atoms with E-state index in [9.17, 15) is 4.79 Å². The van der Waals surface area contributed by atoms with Crippen molar-refractivity contribution in [2.45, 2.75) is 13.0 Å². The Bertz CT molecular complexity index is 411. The minimum absolute atomic E-state index is 0.182. The van der Waals surface area contributed by atoms with Crippen LogP contribution in [0.5, 0.6) is 0 Å². The molecule has 0 saturated heterocycles. The Kier molecular flexibility index (Phi) is 4.66. The highest BCUT2D eigenvalue weighted by Gasteiger charge is 2.26. The van der Waals surface area contributed by atoms with Gasteiger partial charge in [0, 0.05) is 7.11 Å². The second kappa shape index (κ2) is 6.00. The fourth-order valence-electron chi connectivity index (χ4n) is 1.45. The maximum absolute atomic E-state index is 11.4. The molecule has 0 heterocycles. The number of carbonyl (C=O) groups excluding carboxylic acids is 1. The topological polar surface area (TPSA) is 68.1 Å². The molecule has 0 spiro atoms. The highest BCUT2D eigenvalue weighted by atomic mass is 16.5. The molecule has 1 aromatic carbocycles. The Labute approximate surface area is 99.7 Å². The standard InChI is InChI=1S/C12H15NO4/c1-8-4-6-9(7-5-8)11(16-2)10(13-15)12(14)17-3/h4-7,11,15H,1-3H3/b13-10+. The van der Waals surface area contributed by atoms with Crippen LogP contribution in [0.2, 0.25) is 0 Å². The Morgan fingerprint density at radius 3 is 2.29 bits per heavy atom. The Morgan fingerprint density at radius 2 is 1.88 bits per heavy atom. The van der Waals surface area contributed by atoms with Crippen LogP contribution in [0.1, 0.15) is 17.2 Å². The smallest absolute Gasteiger partial charge is 0.358 e. The van der Waals surface area contributed by atoms with Crippen LogP contribution >= 0.6 is 0 Å². The van der Waals surface area contributed by atoms with Gasteiger partial charge in [-0.15, -0.1) is 0 Å². The molecule has 0 aliphatic heterocycles. The lowest BCUT2D eigenvalue weighted by atomic mass is 10.0. The van der Waals surface area contributed by atoms with Gasteiger partial charge in [-0.1, -0.05) is 35.0 Å². The first-order chi connectivity index (χ1) is 8.13. The molecule has 5 nitrogen and oxygen atoms in total. The number of nitrogens with zero attached hydrogens (tertiary/aromatic N) is 1. The summed E-state index contributed by atoms with van der Waals surface area (Å²) in [6.45, 7) is 1.95. The number of aryl methyl sites for hydroxylation is 1. The fourth-order valence-corrected chi connectivity index (χ4v) is 1.45. The summed E-state index contributed by atoms with van der Waals surface area (Å²) < 4.78 is 9.68. The van der Waals surface area contributed by atoms with Gasteiger partial charge in [-0.2, -0.15) is 0 Å². The summed E-state index contributed by atoms with van der Waals surface area (Å²) in [5.74, 6) is -0.722. The third kappa shape index (κ3) is 3.04. The highest BCUT2D eigenvalue weighted by molar-refractivity contribution is 6.38. The molecule has 17 heavy (non-hydrogen) atoms. The first kappa shape index (κ1) is 13.2. The van der Waals surface area contributed by atoms with Gasteiger partial charge < -0.3 is 14.7 Å². The van der Waals surface area contributed by atoms with Gasteiger partial charge in [-0.05, 0) is 12.5 Å². The lowest BCUT2D eigenvalue weighted by molar-refractivity contribution is -0.133. The average Bonchev–Trinajstić information content (AvgIpc) is 2.36. The van der Waals surface area contributed by atoms with Crippen LogP contribution in [0.15, 0.2) is 29.4 Å². The maximum Gasteiger partial charge on any atom is 0.358 e. The zero-order valence-corrected chi connectivity index (χ0v) is 10.0. The van der Waals surface area contributed by atoms with Crippen molar-refractivity contribution in [1.29, 1.82) is 0 Å². The van der Waals surface area contributed by atoms with E-state index in [2.05, 4.69) is 9.89 Å². The minimum atomic E-state index is -0.743. The molecule has 1 unspecified atom stereocenters. The number of rotatable bonds is 4. The third-order valence-electron chi connectivity index (χ3n) is 2.37. The Morgan fingerprint density at radius 1 is 1.29 bits per heavy atom. The molecule has 1 N–H and O–H groups in total. The SMILES string of the molecule is COC(=O)/C(=N/O)C(OC)c1ccc(C)cc1. The first-order valence-electron chi connectivity index (χ1n) is 5.03. The van der Waals surface area contributed by atoms with Crippen molar-refractivity contribution in [3.8, 4) is 0 Å². The van der Waals surface area contributed by atoms with Gasteiger partial charge >= 0.3 is 5.97 Å². The highest BCUT2D eigenvalue weighted by Crippen LogP contribution is 2.19. The van der Waals surface area contributed by atoms with Gasteiger partial charge in [0.1, 0.15) is 6.10 Å². The first-order valence-corrected chi connectivity index (χ1v) is 5.03. The second-order valence-corrected chi connectivity index (χ2v) is 3.50. The monoisotopic (exact) mass is 237 g/mol. The van der Waals surface area contributed by atoms with Crippen molar-refractivity contribution in [2.24, 2.45) is 5.16 Å². The van der Waals surface area contributed by atoms with Crippen molar-refractivity contribution in [2.75, 3.05) is 14.2 Å². The largest absolute Gasteiger partial charge is 0.464 e. The molecule has 0 aromatic heterocycles. The molecule has 0 aliphatic carbocycles. The van der Waals surface area contributed by atoms with Gasteiger partial charge in [0.05, 0.1) is 7.11 Å². The molecule has 0 saturated carbocycles. The van der Waals surface area contributed by atoms with E-state index in [0.717, 1.165) is 11.1 Å². The van der Waals surface area contributed by atoms with Crippen LogP contribution < -0.4 is 0 Å².